The smallest absolute Gasteiger partial charge is 0.247 e. The second-order valence-corrected chi connectivity index (χ2v) is 13.4. The van der Waals surface area contributed by atoms with Gasteiger partial charge in [-0.25, -0.2) is 18.7 Å². The number of carbonyl (C=O) groups is 3. The van der Waals surface area contributed by atoms with Crippen LogP contribution in [0.3, 0.4) is 0 Å². The third kappa shape index (κ3) is 8.48. The summed E-state index contributed by atoms with van der Waals surface area (Å²) in [6, 6.07) is 3.25. The van der Waals surface area contributed by atoms with Gasteiger partial charge in [0.15, 0.2) is 5.82 Å². The quantitative estimate of drug-likeness (QED) is 0.213. The SMILES string of the molecule is CNC(C)C(=O)NC(C(=O)N1CCCC1C(=O)Nc1cc2c(Nc3ccc(F)c(Cl)c3F)ncnc2cc1OC1CCOC1)C(C)(C)C.Cl. The maximum absolute atomic E-state index is 14.8. The van der Waals surface area contributed by atoms with Crippen LogP contribution < -0.4 is 26.0 Å². The summed E-state index contributed by atoms with van der Waals surface area (Å²) >= 11 is 5.79. The Bertz CT molecular complexity index is 1700. The maximum Gasteiger partial charge on any atom is 0.247 e. The molecule has 2 aliphatic rings. The molecule has 49 heavy (non-hydrogen) atoms. The van der Waals surface area contributed by atoms with Gasteiger partial charge in [-0.3, -0.25) is 14.4 Å². The summed E-state index contributed by atoms with van der Waals surface area (Å²) in [5, 5.41) is 11.3. The van der Waals surface area contributed by atoms with Crippen molar-refractivity contribution in [1.82, 2.24) is 25.5 Å². The summed E-state index contributed by atoms with van der Waals surface area (Å²) in [5.41, 5.74) is -0.0486. The minimum absolute atomic E-state index is 0. The number of anilines is 3. The molecule has 4 atom stereocenters. The topological polar surface area (TPSA) is 147 Å². The van der Waals surface area contributed by atoms with Gasteiger partial charge in [0, 0.05) is 24.4 Å². The number of likely N-dealkylation sites (tertiary alicyclic amines) is 1. The molecule has 0 radical (unpaired) electrons. The molecule has 5 rings (SSSR count). The molecule has 2 aliphatic heterocycles. The number of likely N-dealkylation sites (N-methyl/N-ethyl adjacent to an activating group) is 1. The minimum Gasteiger partial charge on any atom is -0.486 e. The standard InChI is InChI=1S/C33H40ClF2N7O5.ClH/c1-17(37-5)30(44)42-28(33(2,3)4)32(46)43-11-6-7-24(43)31(45)41-23-13-19-22(14-25(23)48-18-10-12-47-15-18)38-16-39-29(19)40-21-9-8-20(35)26(34)27(21)36;/h8-9,13-14,16-18,24,28,37H,6-7,10-12,15H2,1-5H3,(H,41,45)(H,42,44)(H,38,39,40);1H. The number of hydrogen-bond donors (Lipinski definition) is 4. The van der Waals surface area contributed by atoms with Gasteiger partial charge in [-0.05, 0) is 50.4 Å². The zero-order valence-electron chi connectivity index (χ0n) is 27.9. The number of fused-ring (bicyclic) bond motifs is 1. The molecule has 2 saturated heterocycles. The van der Waals surface area contributed by atoms with E-state index < -0.39 is 46.1 Å². The number of benzene rings is 2. The van der Waals surface area contributed by atoms with Crippen molar-refractivity contribution < 1.29 is 32.6 Å². The van der Waals surface area contributed by atoms with Crippen molar-refractivity contribution in [3.63, 3.8) is 0 Å². The lowest BCUT2D eigenvalue weighted by atomic mass is 9.85. The Labute approximate surface area is 294 Å². The van der Waals surface area contributed by atoms with E-state index in [9.17, 15) is 23.2 Å². The average Bonchev–Trinajstić information content (AvgIpc) is 3.76. The molecule has 4 unspecified atom stereocenters. The Morgan fingerprint density at radius 1 is 1.12 bits per heavy atom. The Morgan fingerprint density at radius 2 is 1.88 bits per heavy atom. The van der Waals surface area contributed by atoms with Crippen LogP contribution in [0, 0.1) is 17.0 Å². The number of nitrogens with zero attached hydrogens (tertiary/aromatic N) is 3. The van der Waals surface area contributed by atoms with E-state index in [-0.39, 0.29) is 47.5 Å². The third-order valence-electron chi connectivity index (χ3n) is 8.53. The first-order chi connectivity index (χ1) is 22.8. The lowest BCUT2D eigenvalue weighted by Gasteiger charge is -2.36. The Kier molecular flexibility index (Phi) is 12.2. The molecule has 1 aromatic heterocycles. The van der Waals surface area contributed by atoms with Crippen LogP contribution >= 0.6 is 24.0 Å². The molecule has 0 saturated carbocycles. The van der Waals surface area contributed by atoms with Crippen LogP contribution in [0.1, 0.15) is 47.0 Å². The van der Waals surface area contributed by atoms with Crippen LogP contribution in [0.5, 0.6) is 5.75 Å². The van der Waals surface area contributed by atoms with Gasteiger partial charge in [0.05, 0.1) is 36.1 Å². The number of amides is 3. The molecule has 4 N–H and O–H groups in total. The predicted molar refractivity (Wildman–Crippen MR) is 185 cm³/mol. The van der Waals surface area contributed by atoms with E-state index in [0.29, 0.717) is 55.7 Å². The van der Waals surface area contributed by atoms with E-state index in [0.717, 1.165) is 6.07 Å². The summed E-state index contributed by atoms with van der Waals surface area (Å²) in [6.07, 6.45) is 2.65. The maximum atomic E-state index is 14.8. The van der Waals surface area contributed by atoms with Crippen molar-refractivity contribution >= 4 is 69.8 Å². The molecule has 16 heteroatoms. The number of ether oxygens (including phenoxy) is 2. The number of aromatic nitrogens is 2. The largest absolute Gasteiger partial charge is 0.486 e. The fourth-order valence-electron chi connectivity index (χ4n) is 5.65. The van der Waals surface area contributed by atoms with Crippen molar-refractivity contribution in [3.05, 3.63) is 47.2 Å². The Hall–Kier alpha value is -3.85. The van der Waals surface area contributed by atoms with E-state index in [1.165, 1.54) is 17.3 Å². The van der Waals surface area contributed by atoms with Crippen molar-refractivity contribution in [1.29, 1.82) is 0 Å². The lowest BCUT2D eigenvalue weighted by molar-refractivity contribution is -0.143. The summed E-state index contributed by atoms with van der Waals surface area (Å²) in [7, 11) is 1.66. The summed E-state index contributed by atoms with van der Waals surface area (Å²) in [5.74, 6) is -2.52. The predicted octanol–water partition coefficient (Wildman–Crippen LogP) is 4.96. The average molecular weight is 725 g/mol. The van der Waals surface area contributed by atoms with Crippen molar-refractivity contribution in [2.24, 2.45) is 5.41 Å². The van der Waals surface area contributed by atoms with Crippen LogP contribution in [0.15, 0.2) is 30.6 Å². The Morgan fingerprint density at radius 3 is 2.55 bits per heavy atom. The van der Waals surface area contributed by atoms with Crippen molar-refractivity contribution in [2.45, 2.75) is 71.2 Å². The molecule has 3 aromatic rings. The number of hydrogen-bond acceptors (Lipinski definition) is 9. The lowest BCUT2D eigenvalue weighted by Crippen LogP contribution is -2.59. The van der Waals surface area contributed by atoms with Gasteiger partial charge >= 0.3 is 0 Å². The van der Waals surface area contributed by atoms with Gasteiger partial charge in [0.2, 0.25) is 17.7 Å². The van der Waals surface area contributed by atoms with E-state index in [1.807, 2.05) is 20.8 Å². The van der Waals surface area contributed by atoms with Gasteiger partial charge in [-0.2, -0.15) is 0 Å². The summed E-state index contributed by atoms with van der Waals surface area (Å²) < 4.78 is 40.3. The monoisotopic (exact) mass is 723 g/mol. The fourth-order valence-corrected chi connectivity index (χ4v) is 5.81. The molecule has 3 amide bonds. The highest BCUT2D eigenvalue weighted by molar-refractivity contribution is 6.31. The number of rotatable bonds is 10. The van der Waals surface area contributed by atoms with Crippen LogP contribution in [0.4, 0.5) is 26.0 Å². The zero-order chi connectivity index (χ0) is 34.7. The molecule has 0 spiro atoms. The first-order valence-electron chi connectivity index (χ1n) is 15.8. The third-order valence-corrected chi connectivity index (χ3v) is 8.88. The highest BCUT2D eigenvalue weighted by atomic mass is 35.5. The van der Waals surface area contributed by atoms with Crippen LogP contribution in [-0.2, 0) is 19.1 Å². The number of nitrogens with one attached hydrogen (secondary N) is 4. The van der Waals surface area contributed by atoms with Gasteiger partial charge in [0.25, 0.3) is 0 Å². The second kappa shape index (κ2) is 15.8. The second-order valence-electron chi connectivity index (χ2n) is 13.0. The van der Waals surface area contributed by atoms with Gasteiger partial charge in [-0.1, -0.05) is 32.4 Å². The van der Waals surface area contributed by atoms with E-state index in [4.69, 9.17) is 21.1 Å². The first-order valence-corrected chi connectivity index (χ1v) is 16.2. The van der Waals surface area contributed by atoms with E-state index in [1.54, 1.807) is 26.1 Å². The molecule has 0 bridgehead atoms. The molecule has 266 valence electrons. The molecule has 3 heterocycles. The number of carbonyl (C=O) groups excluding carboxylic acids is 3. The van der Waals surface area contributed by atoms with Crippen LogP contribution in [-0.4, -0.2) is 83.6 Å². The van der Waals surface area contributed by atoms with E-state index >= 15 is 0 Å². The molecule has 0 aliphatic carbocycles. The van der Waals surface area contributed by atoms with Gasteiger partial charge < -0.3 is 35.6 Å². The molecule has 2 fully saturated rings. The van der Waals surface area contributed by atoms with Crippen molar-refractivity contribution in [3.8, 4) is 5.75 Å². The normalized spacial score (nSPS) is 18.8. The van der Waals surface area contributed by atoms with Crippen LogP contribution in [0.25, 0.3) is 10.9 Å². The molecule has 2 aromatic carbocycles. The summed E-state index contributed by atoms with van der Waals surface area (Å²) in [4.78, 5) is 50.8. The minimum atomic E-state index is -0.991. The summed E-state index contributed by atoms with van der Waals surface area (Å²) in [6.45, 7) is 8.50. The fraction of sp³-hybridized carbons (Fsp3) is 0.485. The highest BCUT2D eigenvalue weighted by Crippen LogP contribution is 2.36. The van der Waals surface area contributed by atoms with Gasteiger partial charge in [0.1, 0.15) is 46.9 Å². The number of halogens is 4. The van der Waals surface area contributed by atoms with E-state index in [2.05, 4.69) is 31.2 Å². The first kappa shape index (κ1) is 38.0. The zero-order valence-corrected chi connectivity index (χ0v) is 29.4. The van der Waals surface area contributed by atoms with Gasteiger partial charge in [-0.15, -0.1) is 12.4 Å². The Balaban J connectivity index is 0.00000541. The highest BCUT2D eigenvalue weighted by Gasteiger charge is 2.42. The molecular weight excluding hydrogens is 683 g/mol. The van der Waals surface area contributed by atoms with Crippen molar-refractivity contribution in [2.75, 3.05) is 37.4 Å². The molecule has 12 nitrogen and oxygen atoms in total. The molecular formula is C33H41Cl2F2N7O5. The van der Waals surface area contributed by atoms with Crippen LogP contribution in [0.2, 0.25) is 5.02 Å².